The lowest BCUT2D eigenvalue weighted by molar-refractivity contribution is 0.0491. The maximum Gasteiger partial charge on any atom is 0.338 e. The Hall–Kier alpha value is -1.55. The molecule has 0 aromatic heterocycles. The SMILES string of the molecule is CCCOc1ccc(C(=O)OCCCN2CCCC2)cc1. The third-order valence-corrected chi connectivity index (χ3v) is 3.61. The number of benzene rings is 1. The van der Waals surface area contributed by atoms with Crippen molar-refractivity contribution in [1.82, 2.24) is 4.90 Å². The predicted molar refractivity (Wildman–Crippen MR) is 82.8 cm³/mol. The molecule has 21 heavy (non-hydrogen) atoms. The zero-order valence-electron chi connectivity index (χ0n) is 12.8. The van der Waals surface area contributed by atoms with Gasteiger partial charge in [0, 0.05) is 6.54 Å². The van der Waals surface area contributed by atoms with E-state index in [1.54, 1.807) is 12.1 Å². The Bertz CT molecular complexity index is 424. The van der Waals surface area contributed by atoms with Crippen molar-refractivity contribution in [2.24, 2.45) is 0 Å². The number of carbonyl (C=O) groups is 1. The maximum atomic E-state index is 11.9. The summed E-state index contributed by atoms with van der Waals surface area (Å²) in [6, 6.07) is 7.15. The van der Waals surface area contributed by atoms with E-state index in [2.05, 4.69) is 11.8 Å². The van der Waals surface area contributed by atoms with Crippen molar-refractivity contribution in [2.75, 3.05) is 32.8 Å². The Kier molecular flexibility index (Phi) is 6.54. The van der Waals surface area contributed by atoms with E-state index < -0.39 is 0 Å². The van der Waals surface area contributed by atoms with Crippen molar-refractivity contribution in [3.8, 4) is 5.75 Å². The van der Waals surface area contributed by atoms with E-state index in [0.29, 0.717) is 18.8 Å². The Morgan fingerprint density at radius 2 is 1.86 bits per heavy atom. The highest BCUT2D eigenvalue weighted by Gasteiger charge is 2.11. The molecule has 0 radical (unpaired) electrons. The summed E-state index contributed by atoms with van der Waals surface area (Å²) in [4.78, 5) is 14.3. The number of likely N-dealkylation sites (tertiary alicyclic amines) is 1. The van der Waals surface area contributed by atoms with Crippen LogP contribution >= 0.6 is 0 Å². The number of ether oxygens (including phenoxy) is 2. The van der Waals surface area contributed by atoms with E-state index in [1.165, 1.54) is 25.9 Å². The van der Waals surface area contributed by atoms with Crippen molar-refractivity contribution < 1.29 is 14.3 Å². The van der Waals surface area contributed by atoms with E-state index in [4.69, 9.17) is 9.47 Å². The van der Waals surface area contributed by atoms with Crippen molar-refractivity contribution >= 4 is 5.97 Å². The highest BCUT2D eigenvalue weighted by Crippen LogP contribution is 2.13. The summed E-state index contributed by atoms with van der Waals surface area (Å²) in [7, 11) is 0. The average molecular weight is 291 g/mol. The molecular formula is C17H25NO3. The fourth-order valence-electron chi connectivity index (χ4n) is 2.45. The second-order valence-electron chi connectivity index (χ2n) is 5.41. The van der Waals surface area contributed by atoms with E-state index >= 15 is 0 Å². The lowest BCUT2D eigenvalue weighted by Crippen LogP contribution is -2.22. The van der Waals surface area contributed by atoms with Gasteiger partial charge in [0.1, 0.15) is 5.75 Å². The summed E-state index contributed by atoms with van der Waals surface area (Å²) in [5, 5.41) is 0. The number of rotatable bonds is 8. The van der Waals surface area contributed by atoms with Crippen LogP contribution in [0.25, 0.3) is 0 Å². The molecule has 0 N–H and O–H groups in total. The largest absolute Gasteiger partial charge is 0.494 e. The minimum atomic E-state index is -0.251. The van der Waals surface area contributed by atoms with Gasteiger partial charge in [-0.25, -0.2) is 4.79 Å². The normalized spacial score (nSPS) is 15.1. The predicted octanol–water partition coefficient (Wildman–Crippen LogP) is 3.12. The van der Waals surface area contributed by atoms with Gasteiger partial charge < -0.3 is 14.4 Å². The molecule has 1 aliphatic heterocycles. The lowest BCUT2D eigenvalue weighted by atomic mass is 10.2. The van der Waals surface area contributed by atoms with Crippen LogP contribution in [0, 0.1) is 0 Å². The zero-order chi connectivity index (χ0) is 14.9. The first-order valence-electron chi connectivity index (χ1n) is 7.92. The molecule has 1 aromatic rings. The third kappa shape index (κ3) is 5.38. The van der Waals surface area contributed by atoms with Gasteiger partial charge in [-0.1, -0.05) is 6.92 Å². The molecule has 1 heterocycles. The number of hydrogen-bond acceptors (Lipinski definition) is 4. The van der Waals surface area contributed by atoms with Crippen LogP contribution in [-0.2, 0) is 4.74 Å². The van der Waals surface area contributed by atoms with Crippen molar-refractivity contribution in [3.63, 3.8) is 0 Å². The molecule has 0 unspecified atom stereocenters. The molecular weight excluding hydrogens is 266 g/mol. The average Bonchev–Trinajstić information content (AvgIpc) is 3.03. The molecule has 1 saturated heterocycles. The van der Waals surface area contributed by atoms with Crippen molar-refractivity contribution in [2.45, 2.75) is 32.6 Å². The molecule has 4 nitrogen and oxygen atoms in total. The number of carbonyl (C=O) groups excluding carboxylic acids is 1. The second kappa shape index (κ2) is 8.67. The van der Waals surface area contributed by atoms with Crippen molar-refractivity contribution in [1.29, 1.82) is 0 Å². The minimum absolute atomic E-state index is 0.251. The van der Waals surface area contributed by atoms with Crippen LogP contribution in [0.15, 0.2) is 24.3 Å². The topological polar surface area (TPSA) is 38.8 Å². The summed E-state index contributed by atoms with van der Waals surface area (Å²) < 4.78 is 10.8. The van der Waals surface area contributed by atoms with Gasteiger partial charge in [0.2, 0.25) is 0 Å². The Morgan fingerprint density at radius 3 is 2.52 bits per heavy atom. The molecule has 0 atom stereocenters. The van der Waals surface area contributed by atoms with E-state index in [9.17, 15) is 4.79 Å². The number of nitrogens with zero attached hydrogens (tertiary/aromatic N) is 1. The highest BCUT2D eigenvalue weighted by atomic mass is 16.5. The first-order valence-corrected chi connectivity index (χ1v) is 7.92. The van der Waals surface area contributed by atoms with Crippen LogP contribution in [0.2, 0.25) is 0 Å². The smallest absolute Gasteiger partial charge is 0.338 e. The standard InChI is InChI=1S/C17H25NO3/c1-2-13-20-16-8-6-15(7-9-16)17(19)21-14-5-12-18-10-3-4-11-18/h6-9H,2-5,10-14H2,1H3. The highest BCUT2D eigenvalue weighted by molar-refractivity contribution is 5.89. The van der Waals surface area contributed by atoms with Gasteiger partial charge in [0.25, 0.3) is 0 Å². The Balaban J connectivity index is 1.67. The lowest BCUT2D eigenvalue weighted by Gasteiger charge is -2.14. The van der Waals surface area contributed by atoms with Crippen LogP contribution in [0.1, 0.15) is 43.0 Å². The van der Waals surface area contributed by atoms with Crippen LogP contribution in [-0.4, -0.2) is 43.7 Å². The zero-order valence-corrected chi connectivity index (χ0v) is 12.8. The molecule has 0 spiro atoms. The molecule has 1 aromatic carbocycles. The second-order valence-corrected chi connectivity index (χ2v) is 5.41. The van der Waals surface area contributed by atoms with E-state index in [1.807, 2.05) is 12.1 Å². The first kappa shape index (κ1) is 15.8. The summed E-state index contributed by atoms with van der Waals surface area (Å²) >= 11 is 0. The van der Waals surface area contributed by atoms with Gasteiger partial charge in [-0.05, 0) is 63.0 Å². The van der Waals surface area contributed by atoms with E-state index in [0.717, 1.165) is 25.1 Å². The molecule has 0 saturated carbocycles. The van der Waals surface area contributed by atoms with Gasteiger partial charge in [0.05, 0.1) is 18.8 Å². The third-order valence-electron chi connectivity index (χ3n) is 3.61. The molecule has 1 fully saturated rings. The molecule has 116 valence electrons. The quantitative estimate of drug-likeness (QED) is 0.545. The molecule has 0 bridgehead atoms. The van der Waals surface area contributed by atoms with Crippen LogP contribution in [0.3, 0.4) is 0 Å². The molecule has 4 heteroatoms. The minimum Gasteiger partial charge on any atom is -0.494 e. The summed E-state index contributed by atoms with van der Waals surface area (Å²) in [6.07, 6.45) is 4.47. The summed E-state index contributed by atoms with van der Waals surface area (Å²) in [5.41, 5.74) is 0.583. The monoisotopic (exact) mass is 291 g/mol. The van der Waals surface area contributed by atoms with Crippen LogP contribution in [0.5, 0.6) is 5.75 Å². The maximum absolute atomic E-state index is 11.9. The van der Waals surface area contributed by atoms with Gasteiger partial charge in [-0.15, -0.1) is 0 Å². The van der Waals surface area contributed by atoms with Gasteiger partial charge >= 0.3 is 5.97 Å². The Morgan fingerprint density at radius 1 is 1.14 bits per heavy atom. The van der Waals surface area contributed by atoms with Gasteiger partial charge in [-0.2, -0.15) is 0 Å². The fourth-order valence-corrected chi connectivity index (χ4v) is 2.45. The number of hydrogen-bond donors (Lipinski definition) is 0. The molecule has 2 rings (SSSR count). The fraction of sp³-hybridized carbons (Fsp3) is 0.588. The van der Waals surface area contributed by atoms with E-state index in [-0.39, 0.29) is 5.97 Å². The molecule has 0 aliphatic carbocycles. The van der Waals surface area contributed by atoms with Gasteiger partial charge in [-0.3, -0.25) is 0 Å². The van der Waals surface area contributed by atoms with Crippen LogP contribution < -0.4 is 4.74 Å². The van der Waals surface area contributed by atoms with Gasteiger partial charge in [0.15, 0.2) is 0 Å². The summed E-state index contributed by atoms with van der Waals surface area (Å²) in [6.45, 7) is 6.65. The molecule has 1 aliphatic rings. The van der Waals surface area contributed by atoms with Crippen molar-refractivity contribution in [3.05, 3.63) is 29.8 Å². The summed E-state index contributed by atoms with van der Waals surface area (Å²) in [5.74, 6) is 0.542. The molecule has 0 amide bonds. The first-order chi connectivity index (χ1) is 10.3. The number of esters is 1. The Labute approximate surface area is 127 Å². The van der Waals surface area contributed by atoms with Crippen LogP contribution in [0.4, 0.5) is 0 Å².